The van der Waals surface area contributed by atoms with Crippen molar-refractivity contribution in [3.05, 3.63) is 35.0 Å². The number of fused-ring (bicyclic) bond motifs is 1. The van der Waals surface area contributed by atoms with E-state index in [0.717, 1.165) is 24.3 Å². The number of hydrogen-bond donors (Lipinski definition) is 1. The Balaban J connectivity index is 2.43. The molecule has 0 unspecified atom stereocenters. The topological polar surface area (TPSA) is 35.2 Å². The Bertz CT molecular complexity index is 355. The molecule has 0 heterocycles. The molecule has 0 atom stereocenters. The molecule has 0 saturated carbocycles. The summed E-state index contributed by atoms with van der Waals surface area (Å²) in [6.45, 7) is 0. The van der Waals surface area contributed by atoms with E-state index < -0.39 is 0 Å². The first-order chi connectivity index (χ1) is 6.29. The van der Waals surface area contributed by atoms with Gasteiger partial charge in [-0.05, 0) is 42.2 Å². The Labute approximate surface area is 78.0 Å². The van der Waals surface area contributed by atoms with E-state index in [2.05, 4.69) is 12.1 Å². The fourth-order valence-electron chi connectivity index (χ4n) is 1.62. The summed E-state index contributed by atoms with van der Waals surface area (Å²) in [6, 6.07) is 6.10. The van der Waals surface area contributed by atoms with Crippen molar-refractivity contribution < 1.29 is 4.74 Å². The summed E-state index contributed by atoms with van der Waals surface area (Å²) in [5.41, 5.74) is 9.27. The summed E-state index contributed by atoms with van der Waals surface area (Å²) in [7, 11) is 1.69. The zero-order valence-corrected chi connectivity index (χ0v) is 7.71. The van der Waals surface area contributed by atoms with Gasteiger partial charge in [-0.25, -0.2) is 0 Å². The minimum absolute atomic E-state index is 0.924. The summed E-state index contributed by atoms with van der Waals surface area (Å²) in [6.07, 6.45) is 4.02. The molecule has 0 radical (unpaired) electrons. The van der Waals surface area contributed by atoms with E-state index in [1.165, 1.54) is 11.1 Å². The van der Waals surface area contributed by atoms with Crippen LogP contribution in [0.25, 0.3) is 6.08 Å². The Kier molecular flexibility index (Phi) is 1.97. The van der Waals surface area contributed by atoms with Gasteiger partial charge >= 0.3 is 0 Å². The lowest BCUT2D eigenvalue weighted by atomic mass is 9.95. The van der Waals surface area contributed by atoms with Crippen molar-refractivity contribution in [1.82, 2.24) is 0 Å². The summed E-state index contributed by atoms with van der Waals surface area (Å²) >= 11 is 0. The largest absolute Gasteiger partial charge is 0.497 e. The summed E-state index contributed by atoms with van der Waals surface area (Å²) < 4.78 is 5.16. The molecule has 1 aromatic carbocycles. The van der Waals surface area contributed by atoms with Crippen LogP contribution < -0.4 is 10.5 Å². The van der Waals surface area contributed by atoms with E-state index >= 15 is 0 Å². The molecule has 0 aliphatic heterocycles. The fraction of sp³-hybridized carbons (Fsp3) is 0.273. The van der Waals surface area contributed by atoms with Gasteiger partial charge in [0.15, 0.2) is 0 Å². The molecular formula is C11H13NO. The minimum Gasteiger partial charge on any atom is -0.497 e. The average molecular weight is 175 g/mol. The van der Waals surface area contributed by atoms with Gasteiger partial charge in [0.2, 0.25) is 0 Å². The van der Waals surface area contributed by atoms with Crippen molar-refractivity contribution in [3.63, 3.8) is 0 Å². The molecule has 0 bridgehead atoms. The smallest absolute Gasteiger partial charge is 0.119 e. The van der Waals surface area contributed by atoms with Crippen LogP contribution in [-0.2, 0) is 6.42 Å². The van der Waals surface area contributed by atoms with E-state index in [4.69, 9.17) is 10.5 Å². The lowest BCUT2D eigenvalue weighted by Gasteiger charge is -2.14. The number of methoxy groups -OCH3 is 1. The second-order valence-corrected chi connectivity index (χ2v) is 3.28. The highest BCUT2D eigenvalue weighted by Crippen LogP contribution is 2.25. The molecule has 0 spiro atoms. The lowest BCUT2D eigenvalue weighted by Crippen LogP contribution is -2.05. The maximum absolute atomic E-state index is 5.75. The molecule has 0 aromatic heterocycles. The van der Waals surface area contributed by atoms with Crippen LogP contribution in [0, 0.1) is 0 Å². The third-order valence-electron chi connectivity index (χ3n) is 2.37. The van der Waals surface area contributed by atoms with Crippen LogP contribution in [0.1, 0.15) is 17.5 Å². The number of hydrogen-bond acceptors (Lipinski definition) is 2. The Morgan fingerprint density at radius 3 is 2.92 bits per heavy atom. The molecule has 1 aliphatic rings. The SMILES string of the molecule is COc1ccc2c(c1)CCC(N)=C2. The zero-order valence-electron chi connectivity index (χ0n) is 7.71. The number of benzene rings is 1. The maximum atomic E-state index is 5.75. The minimum atomic E-state index is 0.924. The first-order valence-electron chi connectivity index (χ1n) is 4.42. The van der Waals surface area contributed by atoms with Crippen molar-refractivity contribution in [2.45, 2.75) is 12.8 Å². The average Bonchev–Trinajstić information content (AvgIpc) is 2.17. The second-order valence-electron chi connectivity index (χ2n) is 3.28. The highest BCUT2D eigenvalue weighted by atomic mass is 16.5. The molecule has 0 saturated heterocycles. The highest BCUT2D eigenvalue weighted by Gasteiger charge is 2.08. The van der Waals surface area contributed by atoms with E-state index in [0.29, 0.717) is 0 Å². The number of allylic oxidation sites excluding steroid dienone is 1. The number of aryl methyl sites for hydroxylation is 1. The molecule has 1 aliphatic carbocycles. The van der Waals surface area contributed by atoms with Crippen LogP contribution in [0.3, 0.4) is 0 Å². The van der Waals surface area contributed by atoms with Crippen LogP contribution in [-0.4, -0.2) is 7.11 Å². The normalized spacial score (nSPS) is 14.7. The fourth-order valence-corrected chi connectivity index (χ4v) is 1.62. The third kappa shape index (κ3) is 1.52. The second kappa shape index (κ2) is 3.13. The molecule has 68 valence electrons. The summed E-state index contributed by atoms with van der Waals surface area (Å²) in [5.74, 6) is 0.924. The Morgan fingerprint density at radius 2 is 2.15 bits per heavy atom. The van der Waals surface area contributed by atoms with Crippen molar-refractivity contribution >= 4 is 6.08 Å². The lowest BCUT2D eigenvalue weighted by molar-refractivity contribution is 0.414. The molecule has 0 fully saturated rings. The first-order valence-corrected chi connectivity index (χ1v) is 4.42. The van der Waals surface area contributed by atoms with E-state index in [9.17, 15) is 0 Å². The van der Waals surface area contributed by atoms with Gasteiger partial charge in [-0.15, -0.1) is 0 Å². The van der Waals surface area contributed by atoms with Gasteiger partial charge in [0, 0.05) is 5.70 Å². The zero-order chi connectivity index (χ0) is 9.26. The molecule has 2 heteroatoms. The van der Waals surface area contributed by atoms with Gasteiger partial charge in [-0.3, -0.25) is 0 Å². The number of nitrogens with two attached hydrogens (primary N) is 1. The molecule has 2 rings (SSSR count). The molecule has 2 N–H and O–H groups in total. The van der Waals surface area contributed by atoms with Crippen molar-refractivity contribution in [2.75, 3.05) is 7.11 Å². The van der Waals surface area contributed by atoms with Crippen molar-refractivity contribution in [1.29, 1.82) is 0 Å². The van der Waals surface area contributed by atoms with E-state index in [1.807, 2.05) is 12.1 Å². The maximum Gasteiger partial charge on any atom is 0.119 e. The van der Waals surface area contributed by atoms with Gasteiger partial charge in [-0.2, -0.15) is 0 Å². The van der Waals surface area contributed by atoms with E-state index in [-0.39, 0.29) is 0 Å². The molecule has 0 amide bonds. The van der Waals surface area contributed by atoms with Gasteiger partial charge < -0.3 is 10.5 Å². The molecule has 2 nitrogen and oxygen atoms in total. The van der Waals surface area contributed by atoms with E-state index in [1.54, 1.807) is 7.11 Å². The standard InChI is InChI=1S/C11H13NO/c1-13-11-5-3-8-6-10(12)4-2-9(8)7-11/h3,5-7H,2,4,12H2,1H3. The Hall–Kier alpha value is -1.44. The van der Waals surface area contributed by atoms with Crippen LogP contribution in [0.4, 0.5) is 0 Å². The first kappa shape index (κ1) is 8.17. The predicted molar refractivity (Wildman–Crippen MR) is 53.5 cm³/mol. The predicted octanol–water partition coefficient (Wildman–Crippen LogP) is 1.94. The van der Waals surface area contributed by atoms with Crippen molar-refractivity contribution in [2.24, 2.45) is 5.73 Å². The Morgan fingerprint density at radius 1 is 1.31 bits per heavy atom. The summed E-state index contributed by atoms with van der Waals surface area (Å²) in [4.78, 5) is 0. The number of ether oxygens (including phenoxy) is 1. The monoisotopic (exact) mass is 175 g/mol. The quantitative estimate of drug-likeness (QED) is 0.708. The van der Waals surface area contributed by atoms with Gasteiger partial charge in [0.25, 0.3) is 0 Å². The van der Waals surface area contributed by atoms with Gasteiger partial charge in [-0.1, -0.05) is 6.07 Å². The molecule has 13 heavy (non-hydrogen) atoms. The molecular weight excluding hydrogens is 162 g/mol. The van der Waals surface area contributed by atoms with Crippen LogP contribution >= 0.6 is 0 Å². The number of rotatable bonds is 1. The third-order valence-corrected chi connectivity index (χ3v) is 2.37. The van der Waals surface area contributed by atoms with Gasteiger partial charge in [0.1, 0.15) is 5.75 Å². The van der Waals surface area contributed by atoms with Crippen LogP contribution in [0.2, 0.25) is 0 Å². The highest BCUT2D eigenvalue weighted by molar-refractivity contribution is 5.60. The van der Waals surface area contributed by atoms with Crippen LogP contribution in [0.5, 0.6) is 5.75 Å². The molecule has 1 aromatic rings. The van der Waals surface area contributed by atoms with Crippen LogP contribution in [0.15, 0.2) is 23.9 Å². The summed E-state index contributed by atoms with van der Waals surface area (Å²) in [5, 5.41) is 0. The van der Waals surface area contributed by atoms with Crippen molar-refractivity contribution in [3.8, 4) is 5.75 Å². The van der Waals surface area contributed by atoms with Gasteiger partial charge in [0.05, 0.1) is 7.11 Å².